The maximum Gasteiger partial charge on any atom is 0.220 e. The highest BCUT2D eigenvalue weighted by molar-refractivity contribution is 7.85. The van der Waals surface area contributed by atoms with Gasteiger partial charge in [-0.05, 0) is 12.1 Å². The number of thiol groups is 1. The number of allylic oxidation sites excluding steroid dienone is 2. The minimum Gasteiger partial charge on any atom is -0.395 e. The number of nitrogens with two attached hydrogens (primary N) is 1. The van der Waals surface area contributed by atoms with Crippen molar-refractivity contribution in [2.45, 2.75) is 0 Å². The van der Waals surface area contributed by atoms with Gasteiger partial charge < -0.3 is 5.73 Å². The van der Waals surface area contributed by atoms with Crippen molar-refractivity contribution in [2.24, 2.45) is 5.73 Å². The zero-order valence-corrected chi connectivity index (χ0v) is 7.91. The van der Waals surface area contributed by atoms with Crippen molar-refractivity contribution >= 4 is 24.2 Å². The lowest BCUT2D eigenvalue weighted by molar-refractivity contribution is 0.0977. The molecule has 0 aliphatic heterocycles. The van der Waals surface area contributed by atoms with Gasteiger partial charge in [0.1, 0.15) is 5.69 Å². The van der Waals surface area contributed by atoms with Crippen molar-refractivity contribution in [1.29, 1.82) is 0 Å². The molecule has 2 rings (SSSR count). The second-order valence-electron chi connectivity index (χ2n) is 2.82. The van der Waals surface area contributed by atoms with Crippen LogP contribution in [0.15, 0.2) is 28.9 Å². The Kier molecular flexibility index (Phi) is 1.89. The summed E-state index contributed by atoms with van der Waals surface area (Å²) < 4.78 is 0. The van der Waals surface area contributed by atoms with Crippen molar-refractivity contribution in [3.8, 4) is 0 Å². The second-order valence-corrected chi connectivity index (χ2v) is 3.27. The molecule has 0 saturated heterocycles. The van der Waals surface area contributed by atoms with Crippen LogP contribution < -0.4 is 5.73 Å². The van der Waals surface area contributed by atoms with Gasteiger partial charge in [0.15, 0.2) is 0 Å². The number of carbonyl (C=O) groups excluding carboxylic acids is 2. The molecule has 0 radical (unpaired) electrons. The Labute approximate surface area is 85.2 Å². The van der Waals surface area contributed by atoms with Crippen molar-refractivity contribution in [3.63, 3.8) is 0 Å². The van der Waals surface area contributed by atoms with Crippen LogP contribution in [-0.2, 0) is 0 Å². The molecule has 70 valence electrons. The predicted molar refractivity (Wildman–Crippen MR) is 53.1 cm³/mol. The Balaban J connectivity index is 2.73. The van der Waals surface area contributed by atoms with Gasteiger partial charge in [-0.3, -0.25) is 14.6 Å². The number of Topliss-reactive ketones (excluding diaryl/α,β-unsaturated/α-hetero) is 2. The van der Waals surface area contributed by atoms with Gasteiger partial charge in [0.05, 0.1) is 16.2 Å². The molecule has 1 heterocycles. The molecule has 0 amide bonds. The molecule has 0 unspecified atom stereocenters. The number of aromatic nitrogens is 1. The minimum absolute atomic E-state index is 0.0267. The first-order chi connectivity index (χ1) is 6.63. The zero-order valence-electron chi connectivity index (χ0n) is 7.02. The lowest BCUT2D eigenvalue weighted by atomic mass is 9.97. The standard InChI is InChI=1S/C9H6N2O2S/c10-5-7(12)4-2-1-3-11-6(4)8(13)9(5)14/h1-3,14H,10H2. The maximum absolute atomic E-state index is 11.5. The van der Waals surface area contributed by atoms with E-state index in [-0.39, 0.29) is 21.9 Å². The summed E-state index contributed by atoms with van der Waals surface area (Å²) in [6, 6.07) is 3.11. The number of pyridine rings is 1. The topological polar surface area (TPSA) is 73.1 Å². The van der Waals surface area contributed by atoms with Gasteiger partial charge >= 0.3 is 0 Å². The molecule has 1 aromatic rings. The van der Waals surface area contributed by atoms with Gasteiger partial charge in [-0.1, -0.05) is 0 Å². The number of ketones is 2. The van der Waals surface area contributed by atoms with E-state index < -0.39 is 11.6 Å². The van der Waals surface area contributed by atoms with E-state index in [1.165, 1.54) is 12.3 Å². The van der Waals surface area contributed by atoms with Crippen molar-refractivity contribution in [3.05, 3.63) is 40.2 Å². The van der Waals surface area contributed by atoms with Crippen molar-refractivity contribution < 1.29 is 9.59 Å². The number of fused-ring (bicyclic) bond motifs is 1. The number of rotatable bonds is 0. The van der Waals surface area contributed by atoms with E-state index in [0.29, 0.717) is 0 Å². The van der Waals surface area contributed by atoms with Crippen LogP contribution >= 0.6 is 12.6 Å². The summed E-state index contributed by atoms with van der Waals surface area (Å²) in [6.45, 7) is 0. The van der Waals surface area contributed by atoms with E-state index in [0.717, 1.165) is 0 Å². The van der Waals surface area contributed by atoms with Crippen LogP contribution in [-0.4, -0.2) is 16.6 Å². The van der Waals surface area contributed by atoms with Gasteiger partial charge in [-0.25, -0.2) is 0 Å². The van der Waals surface area contributed by atoms with E-state index in [4.69, 9.17) is 5.73 Å². The molecule has 2 N–H and O–H groups in total. The van der Waals surface area contributed by atoms with Gasteiger partial charge in [0.25, 0.3) is 0 Å². The molecule has 0 bridgehead atoms. The van der Waals surface area contributed by atoms with Gasteiger partial charge in [0.2, 0.25) is 11.6 Å². The molecule has 0 spiro atoms. The molecular weight excluding hydrogens is 200 g/mol. The number of carbonyl (C=O) groups is 2. The van der Waals surface area contributed by atoms with E-state index in [1.807, 2.05) is 0 Å². The average molecular weight is 206 g/mol. The highest BCUT2D eigenvalue weighted by Crippen LogP contribution is 2.23. The number of hydrogen-bond acceptors (Lipinski definition) is 5. The molecule has 1 aromatic heterocycles. The van der Waals surface area contributed by atoms with Crippen LogP contribution in [0.25, 0.3) is 0 Å². The Hall–Kier alpha value is -1.62. The molecule has 14 heavy (non-hydrogen) atoms. The van der Waals surface area contributed by atoms with E-state index in [9.17, 15) is 9.59 Å². The highest BCUT2D eigenvalue weighted by atomic mass is 32.1. The third-order valence-corrected chi connectivity index (χ3v) is 2.43. The maximum atomic E-state index is 11.5. The Bertz CT molecular complexity index is 436. The second kappa shape index (κ2) is 2.95. The zero-order chi connectivity index (χ0) is 10.3. The Morgan fingerprint density at radius 2 is 2.00 bits per heavy atom. The first-order valence-electron chi connectivity index (χ1n) is 3.86. The number of hydrogen-bond donors (Lipinski definition) is 2. The summed E-state index contributed by atoms with van der Waals surface area (Å²) in [4.78, 5) is 26.9. The fraction of sp³-hybridized carbons (Fsp3) is 0. The highest BCUT2D eigenvalue weighted by Gasteiger charge is 2.29. The summed E-state index contributed by atoms with van der Waals surface area (Å²) in [5, 5.41) is 0. The first-order valence-corrected chi connectivity index (χ1v) is 4.30. The number of nitrogens with zero attached hydrogens (tertiary/aromatic N) is 1. The summed E-state index contributed by atoms with van der Waals surface area (Å²) >= 11 is 3.88. The van der Waals surface area contributed by atoms with Crippen LogP contribution in [0.2, 0.25) is 0 Å². The van der Waals surface area contributed by atoms with Gasteiger partial charge in [-0.15, -0.1) is 12.6 Å². The summed E-state index contributed by atoms with van der Waals surface area (Å²) in [5.74, 6) is -0.793. The summed E-state index contributed by atoms with van der Waals surface area (Å²) in [5.41, 5.74) is 5.69. The quantitative estimate of drug-likeness (QED) is 0.608. The Morgan fingerprint density at radius 1 is 1.29 bits per heavy atom. The third kappa shape index (κ3) is 1.06. The SMILES string of the molecule is NC1=C(S)C(=O)c2ncccc2C1=O. The van der Waals surface area contributed by atoms with Gasteiger partial charge in [0, 0.05) is 6.20 Å². The lowest BCUT2D eigenvalue weighted by Gasteiger charge is -2.13. The normalized spacial score (nSPS) is 15.8. The summed E-state index contributed by atoms with van der Waals surface area (Å²) in [7, 11) is 0. The monoisotopic (exact) mass is 206 g/mol. The lowest BCUT2D eigenvalue weighted by Crippen LogP contribution is -2.25. The average Bonchev–Trinajstić information content (AvgIpc) is 2.23. The van der Waals surface area contributed by atoms with E-state index in [1.54, 1.807) is 6.07 Å². The summed E-state index contributed by atoms with van der Waals surface area (Å²) in [6.07, 6.45) is 1.45. The van der Waals surface area contributed by atoms with Crippen molar-refractivity contribution in [1.82, 2.24) is 4.98 Å². The largest absolute Gasteiger partial charge is 0.395 e. The van der Waals surface area contributed by atoms with Gasteiger partial charge in [-0.2, -0.15) is 0 Å². The first kappa shape index (κ1) is 8.96. The molecule has 1 aliphatic carbocycles. The molecule has 5 heteroatoms. The van der Waals surface area contributed by atoms with Crippen LogP contribution in [0.5, 0.6) is 0 Å². The Morgan fingerprint density at radius 3 is 2.71 bits per heavy atom. The molecule has 0 fully saturated rings. The fourth-order valence-electron chi connectivity index (χ4n) is 1.26. The van der Waals surface area contributed by atoms with Crippen LogP contribution in [0, 0.1) is 0 Å². The molecule has 0 atom stereocenters. The van der Waals surface area contributed by atoms with Crippen LogP contribution in [0.3, 0.4) is 0 Å². The van der Waals surface area contributed by atoms with E-state index in [2.05, 4.69) is 17.6 Å². The van der Waals surface area contributed by atoms with Crippen molar-refractivity contribution in [2.75, 3.05) is 0 Å². The smallest absolute Gasteiger partial charge is 0.220 e. The van der Waals surface area contributed by atoms with Crippen LogP contribution in [0.4, 0.5) is 0 Å². The molecule has 1 aliphatic rings. The van der Waals surface area contributed by atoms with Crippen LogP contribution in [0.1, 0.15) is 20.8 Å². The van der Waals surface area contributed by atoms with E-state index >= 15 is 0 Å². The molecule has 4 nitrogen and oxygen atoms in total. The minimum atomic E-state index is -0.402. The molecule has 0 aromatic carbocycles. The molecule has 0 saturated carbocycles. The predicted octanol–water partition coefficient (Wildman–Crippen LogP) is 0.561. The fourth-order valence-corrected chi connectivity index (χ4v) is 1.46. The third-order valence-electron chi connectivity index (χ3n) is 1.98. The molecular formula is C9H6N2O2S.